The molecular weight excluding hydrogens is 346 g/mol. The van der Waals surface area contributed by atoms with Crippen molar-refractivity contribution in [2.75, 3.05) is 6.26 Å². The Balaban J connectivity index is 1.65. The number of fused-ring (bicyclic) bond motifs is 1. The van der Waals surface area contributed by atoms with Crippen molar-refractivity contribution < 1.29 is 9.32 Å². The second kappa shape index (κ2) is 6.80. The minimum absolute atomic E-state index is 0.0417. The molecule has 0 aliphatic rings. The van der Waals surface area contributed by atoms with Gasteiger partial charge in [-0.15, -0.1) is 11.8 Å². The third kappa shape index (κ3) is 3.04. The molecule has 2 aromatic carbocycles. The molecule has 0 radical (unpaired) electrons. The summed E-state index contributed by atoms with van der Waals surface area (Å²) in [5, 5.41) is 5.02. The number of ketones is 1. The van der Waals surface area contributed by atoms with E-state index in [1.54, 1.807) is 18.7 Å². The van der Waals surface area contributed by atoms with Crippen molar-refractivity contribution in [3.05, 3.63) is 66.2 Å². The highest BCUT2D eigenvalue weighted by molar-refractivity contribution is 7.98. The van der Waals surface area contributed by atoms with Gasteiger partial charge in [0, 0.05) is 33.1 Å². The number of thioether (sulfide) groups is 1. The first-order chi connectivity index (χ1) is 12.7. The summed E-state index contributed by atoms with van der Waals surface area (Å²) in [6.45, 7) is 2.00. The maximum Gasteiger partial charge on any atom is 0.246 e. The average molecular weight is 363 g/mol. The molecule has 0 saturated carbocycles. The van der Waals surface area contributed by atoms with Crippen LogP contribution in [0.1, 0.15) is 23.2 Å². The van der Waals surface area contributed by atoms with Crippen LogP contribution in [-0.4, -0.2) is 26.7 Å². The van der Waals surface area contributed by atoms with Gasteiger partial charge in [0.15, 0.2) is 5.78 Å². The van der Waals surface area contributed by atoms with Crippen LogP contribution in [0.15, 0.2) is 64.1 Å². The molecular formula is C20H17N3O2S. The summed E-state index contributed by atoms with van der Waals surface area (Å²) >= 11 is 1.69. The Morgan fingerprint density at radius 2 is 1.92 bits per heavy atom. The fraction of sp³-hybridized carbons (Fsp3) is 0.150. The molecule has 130 valence electrons. The van der Waals surface area contributed by atoms with Gasteiger partial charge in [-0.1, -0.05) is 23.4 Å². The van der Waals surface area contributed by atoms with Crippen LogP contribution >= 0.6 is 11.8 Å². The molecule has 0 aliphatic carbocycles. The Morgan fingerprint density at radius 3 is 2.65 bits per heavy atom. The molecule has 0 fully saturated rings. The van der Waals surface area contributed by atoms with Gasteiger partial charge in [0.25, 0.3) is 0 Å². The van der Waals surface area contributed by atoms with Crippen LogP contribution in [0.2, 0.25) is 0 Å². The van der Waals surface area contributed by atoms with E-state index in [9.17, 15) is 4.79 Å². The summed E-state index contributed by atoms with van der Waals surface area (Å²) in [6, 6.07) is 15.9. The molecule has 0 unspecified atom stereocenters. The molecule has 6 heteroatoms. The van der Waals surface area contributed by atoms with Crippen LogP contribution in [0.25, 0.3) is 22.3 Å². The van der Waals surface area contributed by atoms with E-state index in [0.29, 0.717) is 23.8 Å². The van der Waals surface area contributed by atoms with E-state index < -0.39 is 0 Å². The van der Waals surface area contributed by atoms with Gasteiger partial charge >= 0.3 is 0 Å². The van der Waals surface area contributed by atoms with Gasteiger partial charge < -0.3 is 9.09 Å². The monoisotopic (exact) mass is 363 g/mol. The van der Waals surface area contributed by atoms with Gasteiger partial charge in [-0.2, -0.15) is 4.98 Å². The fourth-order valence-electron chi connectivity index (χ4n) is 2.98. The lowest BCUT2D eigenvalue weighted by molar-refractivity contribution is 0.101. The summed E-state index contributed by atoms with van der Waals surface area (Å²) < 4.78 is 7.40. The van der Waals surface area contributed by atoms with Gasteiger partial charge in [-0.05, 0) is 43.5 Å². The van der Waals surface area contributed by atoms with Crippen molar-refractivity contribution in [2.45, 2.75) is 18.4 Å². The van der Waals surface area contributed by atoms with Gasteiger partial charge in [0.1, 0.15) is 6.54 Å². The Hall–Kier alpha value is -2.86. The topological polar surface area (TPSA) is 60.9 Å². The number of carbonyl (C=O) groups is 1. The molecule has 0 spiro atoms. The molecule has 0 atom stereocenters. The lowest BCUT2D eigenvalue weighted by atomic mass is 10.1. The van der Waals surface area contributed by atoms with Gasteiger partial charge in [-0.3, -0.25) is 4.79 Å². The molecule has 4 rings (SSSR count). The Labute approximate surface area is 155 Å². The first-order valence-corrected chi connectivity index (χ1v) is 9.44. The molecule has 0 aliphatic heterocycles. The zero-order chi connectivity index (χ0) is 18.1. The molecule has 2 heterocycles. The molecule has 4 aromatic rings. The van der Waals surface area contributed by atoms with E-state index in [0.717, 1.165) is 16.5 Å². The van der Waals surface area contributed by atoms with Crippen molar-refractivity contribution in [1.82, 2.24) is 14.7 Å². The van der Waals surface area contributed by atoms with Crippen molar-refractivity contribution in [2.24, 2.45) is 0 Å². The van der Waals surface area contributed by atoms with Crippen LogP contribution in [0.5, 0.6) is 0 Å². The number of carbonyl (C=O) groups excluding carboxylic acids is 1. The van der Waals surface area contributed by atoms with Crippen LogP contribution in [-0.2, 0) is 6.54 Å². The van der Waals surface area contributed by atoms with Crippen molar-refractivity contribution >= 4 is 28.4 Å². The molecule has 5 nitrogen and oxygen atoms in total. The van der Waals surface area contributed by atoms with E-state index >= 15 is 0 Å². The number of aromatic nitrogens is 3. The van der Waals surface area contributed by atoms with Crippen LogP contribution in [0.3, 0.4) is 0 Å². The largest absolute Gasteiger partial charge is 0.337 e. The number of para-hydroxylation sites is 1. The first-order valence-electron chi connectivity index (χ1n) is 8.21. The summed E-state index contributed by atoms with van der Waals surface area (Å²) in [7, 11) is 0. The third-order valence-electron chi connectivity index (χ3n) is 4.29. The number of rotatable bonds is 5. The number of hydrogen-bond acceptors (Lipinski definition) is 5. The van der Waals surface area contributed by atoms with Gasteiger partial charge in [0.2, 0.25) is 11.7 Å². The molecule has 26 heavy (non-hydrogen) atoms. The smallest absolute Gasteiger partial charge is 0.246 e. The predicted octanol–water partition coefficient (Wildman–Crippen LogP) is 4.66. The zero-order valence-corrected chi connectivity index (χ0v) is 15.3. The van der Waals surface area contributed by atoms with Crippen molar-refractivity contribution in [3.8, 4) is 11.4 Å². The van der Waals surface area contributed by atoms with Crippen LogP contribution in [0, 0.1) is 0 Å². The van der Waals surface area contributed by atoms with E-state index in [4.69, 9.17) is 4.52 Å². The Bertz CT molecular complexity index is 1080. The summed E-state index contributed by atoms with van der Waals surface area (Å²) in [5.41, 5.74) is 2.59. The van der Waals surface area contributed by atoms with Crippen LogP contribution in [0.4, 0.5) is 0 Å². The number of nitrogens with zero attached hydrogens (tertiary/aromatic N) is 3. The molecule has 0 N–H and O–H groups in total. The average Bonchev–Trinajstić information content (AvgIpc) is 3.28. The standard InChI is InChI=1S/C20H17N3O2S/c1-13(24)17-11-23(18-6-4-3-5-16(17)18)12-19-21-20(22-25-19)14-7-9-15(26-2)10-8-14/h3-11H,12H2,1-2H3. The van der Waals surface area contributed by atoms with Crippen molar-refractivity contribution in [3.63, 3.8) is 0 Å². The maximum absolute atomic E-state index is 11.9. The lowest BCUT2D eigenvalue weighted by Crippen LogP contribution is -1.98. The van der Waals surface area contributed by atoms with Gasteiger partial charge in [0.05, 0.1) is 0 Å². The fourth-order valence-corrected chi connectivity index (χ4v) is 3.39. The summed E-state index contributed by atoms with van der Waals surface area (Å²) in [5.74, 6) is 1.11. The van der Waals surface area contributed by atoms with E-state index in [1.165, 1.54) is 4.90 Å². The lowest BCUT2D eigenvalue weighted by Gasteiger charge is -2.00. The van der Waals surface area contributed by atoms with E-state index in [-0.39, 0.29) is 5.78 Å². The molecule has 0 saturated heterocycles. The second-order valence-corrected chi connectivity index (χ2v) is 6.86. The molecule has 2 aromatic heterocycles. The number of hydrogen-bond donors (Lipinski definition) is 0. The molecule has 0 amide bonds. The second-order valence-electron chi connectivity index (χ2n) is 5.98. The maximum atomic E-state index is 11.9. The van der Waals surface area contributed by atoms with Crippen molar-refractivity contribution in [1.29, 1.82) is 0 Å². The predicted molar refractivity (Wildman–Crippen MR) is 103 cm³/mol. The third-order valence-corrected chi connectivity index (χ3v) is 5.03. The quantitative estimate of drug-likeness (QED) is 0.381. The normalized spacial score (nSPS) is 11.2. The number of Topliss-reactive ketones (excluding diaryl/α,β-unsaturated/α-hetero) is 1. The summed E-state index contributed by atoms with van der Waals surface area (Å²) in [4.78, 5) is 17.6. The van der Waals surface area contributed by atoms with E-state index in [1.807, 2.05) is 65.6 Å². The van der Waals surface area contributed by atoms with Gasteiger partial charge in [-0.25, -0.2) is 0 Å². The Kier molecular flexibility index (Phi) is 4.34. The number of benzene rings is 2. The molecule has 0 bridgehead atoms. The zero-order valence-electron chi connectivity index (χ0n) is 14.5. The minimum Gasteiger partial charge on any atom is -0.337 e. The highest BCUT2D eigenvalue weighted by Gasteiger charge is 2.14. The minimum atomic E-state index is 0.0417. The van der Waals surface area contributed by atoms with Crippen LogP contribution < -0.4 is 0 Å². The van der Waals surface area contributed by atoms with E-state index in [2.05, 4.69) is 10.1 Å². The summed E-state index contributed by atoms with van der Waals surface area (Å²) in [6.07, 6.45) is 3.89. The first kappa shape index (κ1) is 16.6. The SMILES string of the molecule is CSc1ccc(-c2noc(Cn3cc(C(C)=O)c4ccccc43)n2)cc1. The highest BCUT2D eigenvalue weighted by Crippen LogP contribution is 2.24. The highest BCUT2D eigenvalue weighted by atomic mass is 32.2. The Morgan fingerprint density at radius 1 is 1.15 bits per heavy atom.